The van der Waals surface area contributed by atoms with Gasteiger partial charge in [0.25, 0.3) is 5.91 Å². The van der Waals surface area contributed by atoms with Crippen molar-refractivity contribution >= 4 is 33.7 Å². The SMILES string of the molecule is CN(CC(=O)Nc1ncc(C(F)(F)F)cn1)C(=O)c1ccc(Br)cc1C1CC1. The Morgan fingerprint density at radius 1 is 1.25 bits per heavy atom. The van der Waals surface area contributed by atoms with Crippen LogP contribution in [0.15, 0.2) is 35.1 Å². The van der Waals surface area contributed by atoms with Gasteiger partial charge in [0.15, 0.2) is 0 Å². The van der Waals surface area contributed by atoms with Gasteiger partial charge in [0.05, 0.1) is 12.1 Å². The van der Waals surface area contributed by atoms with Crippen molar-refractivity contribution in [3.63, 3.8) is 0 Å². The van der Waals surface area contributed by atoms with Gasteiger partial charge in [-0.15, -0.1) is 0 Å². The molecule has 3 rings (SSSR count). The number of anilines is 1. The first kappa shape index (κ1) is 20.2. The van der Waals surface area contributed by atoms with Crippen molar-refractivity contribution in [1.82, 2.24) is 14.9 Å². The minimum atomic E-state index is -4.56. The van der Waals surface area contributed by atoms with Crippen molar-refractivity contribution in [2.45, 2.75) is 24.9 Å². The summed E-state index contributed by atoms with van der Waals surface area (Å²) >= 11 is 3.40. The number of carbonyl (C=O) groups excluding carboxylic acids is 2. The standard InChI is InChI=1S/C18H16BrF3N4O2/c1-26(16(28)13-5-4-12(19)6-14(13)10-2-3-10)9-15(27)25-17-23-7-11(8-24-17)18(20,21)22/h4-8,10H,2-3,9H2,1H3,(H,23,24,25,27). The van der Waals surface area contributed by atoms with Crippen molar-refractivity contribution in [2.24, 2.45) is 0 Å². The molecule has 148 valence electrons. The lowest BCUT2D eigenvalue weighted by Crippen LogP contribution is -2.35. The Kier molecular flexibility index (Phi) is 5.69. The number of hydrogen-bond acceptors (Lipinski definition) is 4. The van der Waals surface area contributed by atoms with Gasteiger partial charge in [-0.3, -0.25) is 14.9 Å². The topological polar surface area (TPSA) is 75.2 Å². The van der Waals surface area contributed by atoms with E-state index in [1.807, 2.05) is 6.07 Å². The Morgan fingerprint density at radius 3 is 2.46 bits per heavy atom. The highest BCUT2D eigenvalue weighted by Gasteiger charge is 2.32. The second kappa shape index (κ2) is 7.86. The van der Waals surface area contributed by atoms with Crippen LogP contribution in [0.2, 0.25) is 0 Å². The zero-order valence-electron chi connectivity index (χ0n) is 14.8. The summed E-state index contributed by atoms with van der Waals surface area (Å²) in [5, 5.41) is 2.29. The van der Waals surface area contributed by atoms with Crippen molar-refractivity contribution in [3.8, 4) is 0 Å². The highest BCUT2D eigenvalue weighted by atomic mass is 79.9. The van der Waals surface area contributed by atoms with Crippen LogP contribution >= 0.6 is 15.9 Å². The van der Waals surface area contributed by atoms with E-state index in [0.29, 0.717) is 23.9 Å². The summed E-state index contributed by atoms with van der Waals surface area (Å²) < 4.78 is 38.4. The van der Waals surface area contributed by atoms with Gasteiger partial charge in [-0.05, 0) is 42.5 Å². The van der Waals surface area contributed by atoms with Crippen molar-refractivity contribution in [3.05, 3.63) is 51.8 Å². The summed E-state index contributed by atoms with van der Waals surface area (Å²) in [5.41, 5.74) is 0.463. The smallest absolute Gasteiger partial charge is 0.332 e. The molecule has 10 heteroatoms. The normalized spacial score (nSPS) is 13.9. The quantitative estimate of drug-likeness (QED) is 0.741. The van der Waals surface area contributed by atoms with Gasteiger partial charge in [-0.25, -0.2) is 9.97 Å². The third-order valence-electron chi connectivity index (χ3n) is 4.22. The predicted molar refractivity (Wildman–Crippen MR) is 98.7 cm³/mol. The second-order valence-corrected chi connectivity index (χ2v) is 7.42. The van der Waals surface area contributed by atoms with Crippen LogP contribution in [-0.2, 0) is 11.0 Å². The number of rotatable bonds is 5. The maximum Gasteiger partial charge on any atom is 0.419 e. The van der Waals surface area contributed by atoms with Crippen LogP contribution in [0.4, 0.5) is 19.1 Å². The molecule has 1 aliphatic rings. The van der Waals surface area contributed by atoms with Gasteiger partial charge in [-0.1, -0.05) is 15.9 Å². The molecular formula is C18H16BrF3N4O2. The Labute approximate surface area is 167 Å². The molecule has 2 amide bonds. The molecule has 2 aromatic rings. The fourth-order valence-electron chi connectivity index (χ4n) is 2.66. The summed E-state index contributed by atoms with van der Waals surface area (Å²) in [4.78, 5) is 33.0. The van der Waals surface area contributed by atoms with E-state index in [4.69, 9.17) is 0 Å². The molecule has 0 bridgehead atoms. The van der Waals surface area contributed by atoms with Gasteiger partial charge in [0.2, 0.25) is 11.9 Å². The van der Waals surface area contributed by atoms with Crippen molar-refractivity contribution in [1.29, 1.82) is 0 Å². The van der Waals surface area contributed by atoms with Gasteiger partial charge in [0, 0.05) is 29.5 Å². The van der Waals surface area contributed by atoms with Crippen LogP contribution in [0.3, 0.4) is 0 Å². The summed E-state index contributed by atoms with van der Waals surface area (Å²) in [6.45, 7) is -0.288. The highest BCUT2D eigenvalue weighted by Crippen LogP contribution is 2.42. The molecule has 0 aliphatic heterocycles. The molecule has 0 saturated heterocycles. The maximum atomic E-state index is 12.7. The Balaban J connectivity index is 1.63. The molecule has 0 unspecified atom stereocenters. The number of nitrogens with one attached hydrogen (secondary N) is 1. The molecule has 1 fully saturated rings. The van der Waals surface area contributed by atoms with Gasteiger partial charge in [0.1, 0.15) is 0 Å². The van der Waals surface area contributed by atoms with E-state index in [2.05, 4.69) is 31.2 Å². The van der Waals surface area contributed by atoms with Crippen LogP contribution in [0.25, 0.3) is 0 Å². The molecule has 1 aromatic carbocycles. The fraction of sp³-hybridized carbons (Fsp3) is 0.333. The summed E-state index contributed by atoms with van der Waals surface area (Å²) in [6.07, 6.45) is -1.35. The molecule has 0 atom stereocenters. The zero-order valence-corrected chi connectivity index (χ0v) is 16.3. The predicted octanol–water partition coefficient (Wildman–Crippen LogP) is 3.85. The molecule has 0 spiro atoms. The number of alkyl halides is 3. The molecule has 28 heavy (non-hydrogen) atoms. The fourth-order valence-corrected chi connectivity index (χ4v) is 3.04. The number of aromatic nitrogens is 2. The number of hydrogen-bond donors (Lipinski definition) is 1. The third kappa shape index (κ3) is 4.86. The number of amides is 2. The molecule has 6 nitrogen and oxygen atoms in total. The van der Waals surface area contributed by atoms with E-state index in [-0.39, 0.29) is 18.4 Å². The Hall–Kier alpha value is -2.49. The molecule has 1 aromatic heterocycles. The molecule has 1 saturated carbocycles. The monoisotopic (exact) mass is 456 g/mol. The second-order valence-electron chi connectivity index (χ2n) is 6.51. The number of benzene rings is 1. The average Bonchev–Trinajstić information content (AvgIpc) is 3.45. The molecular weight excluding hydrogens is 441 g/mol. The maximum absolute atomic E-state index is 12.7. The van der Waals surface area contributed by atoms with E-state index < -0.39 is 17.6 Å². The lowest BCUT2D eigenvalue weighted by atomic mass is 10.0. The average molecular weight is 457 g/mol. The number of carbonyl (C=O) groups is 2. The van der Waals surface area contributed by atoms with Gasteiger partial charge >= 0.3 is 6.18 Å². The van der Waals surface area contributed by atoms with Crippen molar-refractivity contribution < 1.29 is 22.8 Å². The van der Waals surface area contributed by atoms with Crippen molar-refractivity contribution in [2.75, 3.05) is 18.9 Å². The highest BCUT2D eigenvalue weighted by molar-refractivity contribution is 9.10. The summed E-state index contributed by atoms with van der Waals surface area (Å²) in [6, 6.07) is 5.39. The first-order valence-electron chi connectivity index (χ1n) is 8.39. The zero-order chi connectivity index (χ0) is 20.5. The largest absolute Gasteiger partial charge is 0.419 e. The van der Waals surface area contributed by atoms with Crippen LogP contribution in [0.1, 0.15) is 40.2 Å². The summed E-state index contributed by atoms with van der Waals surface area (Å²) in [5.74, 6) is -0.834. The minimum Gasteiger partial charge on any atom is -0.332 e. The van der Waals surface area contributed by atoms with E-state index >= 15 is 0 Å². The van der Waals surface area contributed by atoms with E-state index in [1.165, 1.54) is 11.9 Å². The third-order valence-corrected chi connectivity index (χ3v) is 4.71. The molecule has 1 aliphatic carbocycles. The van der Waals surface area contributed by atoms with Crippen LogP contribution < -0.4 is 5.32 Å². The van der Waals surface area contributed by atoms with E-state index in [9.17, 15) is 22.8 Å². The number of halogens is 4. The Morgan fingerprint density at radius 2 is 1.89 bits per heavy atom. The molecule has 0 radical (unpaired) electrons. The first-order valence-corrected chi connectivity index (χ1v) is 9.18. The number of likely N-dealkylation sites (N-methyl/N-ethyl adjacent to an activating group) is 1. The van der Waals surface area contributed by atoms with Crippen LogP contribution in [0, 0.1) is 0 Å². The van der Waals surface area contributed by atoms with E-state index in [1.54, 1.807) is 12.1 Å². The van der Waals surface area contributed by atoms with E-state index in [0.717, 1.165) is 22.9 Å². The van der Waals surface area contributed by atoms with Gasteiger partial charge < -0.3 is 4.90 Å². The first-order chi connectivity index (χ1) is 13.1. The number of nitrogens with zero attached hydrogens (tertiary/aromatic N) is 3. The lowest BCUT2D eigenvalue weighted by molar-refractivity contribution is -0.138. The minimum absolute atomic E-state index is 0.263. The lowest BCUT2D eigenvalue weighted by Gasteiger charge is -2.18. The molecule has 1 N–H and O–H groups in total. The Bertz CT molecular complexity index is 899. The van der Waals surface area contributed by atoms with Crippen LogP contribution in [-0.4, -0.2) is 40.3 Å². The molecule has 1 heterocycles. The van der Waals surface area contributed by atoms with Crippen LogP contribution in [0.5, 0.6) is 0 Å². The summed E-state index contributed by atoms with van der Waals surface area (Å²) in [7, 11) is 1.48. The van der Waals surface area contributed by atoms with Gasteiger partial charge in [-0.2, -0.15) is 13.2 Å².